The highest BCUT2D eigenvalue weighted by molar-refractivity contribution is 6.08. The Morgan fingerprint density at radius 3 is 2.69 bits per heavy atom. The summed E-state index contributed by atoms with van der Waals surface area (Å²) in [5.74, 6) is 0.628. The number of rotatable bonds is 4. The van der Waals surface area contributed by atoms with Crippen LogP contribution in [0.15, 0.2) is 48.5 Å². The fraction of sp³-hybridized carbons (Fsp3) is 0.304. The van der Waals surface area contributed by atoms with E-state index < -0.39 is 5.54 Å². The van der Waals surface area contributed by atoms with Crippen LogP contribution in [0.1, 0.15) is 23.7 Å². The van der Waals surface area contributed by atoms with Gasteiger partial charge in [0.25, 0.3) is 5.91 Å². The van der Waals surface area contributed by atoms with E-state index in [1.165, 1.54) is 4.90 Å². The second-order valence-electron chi connectivity index (χ2n) is 7.84. The van der Waals surface area contributed by atoms with E-state index in [1.807, 2.05) is 55.5 Å². The van der Waals surface area contributed by atoms with Crippen molar-refractivity contribution in [3.63, 3.8) is 0 Å². The molecule has 2 aliphatic heterocycles. The molecule has 3 heterocycles. The lowest BCUT2D eigenvalue weighted by atomic mass is 9.87. The van der Waals surface area contributed by atoms with Gasteiger partial charge in [-0.3, -0.25) is 9.69 Å². The minimum atomic E-state index is -0.992. The molecule has 5 rings (SSSR count). The molecule has 3 amide bonds. The third-order valence-electron chi connectivity index (χ3n) is 6.32. The van der Waals surface area contributed by atoms with Crippen LogP contribution in [-0.2, 0) is 23.2 Å². The van der Waals surface area contributed by atoms with Crippen molar-refractivity contribution in [1.82, 2.24) is 14.8 Å². The smallest absolute Gasteiger partial charge is 0.328 e. The normalized spacial score (nSPS) is 20.9. The fourth-order valence-electron chi connectivity index (χ4n) is 4.70. The van der Waals surface area contributed by atoms with E-state index in [2.05, 4.69) is 4.98 Å². The quantitative estimate of drug-likeness (QED) is 0.695. The van der Waals surface area contributed by atoms with E-state index in [0.717, 1.165) is 33.5 Å². The summed E-state index contributed by atoms with van der Waals surface area (Å²) in [7, 11) is 1.65. The standard InChI is InChI=1S/C23H23N3O3/c1-23-20-17(18-14-16(29-2)8-9-19(18)24-20)11-13-26(23)22(28)25(21(23)27)12-10-15-6-4-3-5-7-15/h3-9,14,24H,10-13H2,1-2H3/t23-/m0/s1. The number of fused-ring (bicyclic) bond motifs is 5. The number of nitrogens with zero attached hydrogens (tertiary/aromatic N) is 2. The highest BCUT2D eigenvalue weighted by Gasteiger charge is 2.58. The van der Waals surface area contributed by atoms with Crippen LogP contribution >= 0.6 is 0 Å². The first-order valence-corrected chi connectivity index (χ1v) is 9.90. The van der Waals surface area contributed by atoms with Crippen molar-refractivity contribution >= 4 is 22.8 Å². The number of aromatic amines is 1. The molecule has 0 radical (unpaired) electrons. The molecule has 3 aromatic rings. The third-order valence-corrected chi connectivity index (χ3v) is 6.32. The minimum Gasteiger partial charge on any atom is -0.497 e. The monoisotopic (exact) mass is 389 g/mol. The van der Waals surface area contributed by atoms with Gasteiger partial charge < -0.3 is 14.6 Å². The molecule has 1 atom stereocenters. The highest BCUT2D eigenvalue weighted by atomic mass is 16.5. The third kappa shape index (κ3) is 2.48. The molecule has 6 heteroatoms. The van der Waals surface area contributed by atoms with Gasteiger partial charge in [0, 0.05) is 24.0 Å². The number of ether oxygens (including phenoxy) is 1. The average Bonchev–Trinajstić information content (AvgIpc) is 3.21. The molecule has 2 aliphatic rings. The molecule has 1 N–H and O–H groups in total. The molecule has 0 bridgehead atoms. The van der Waals surface area contributed by atoms with Crippen molar-refractivity contribution in [1.29, 1.82) is 0 Å². The van der Waals surface area contributed by atoms with Gasteiger partial charge in [-0.25, -0.2) is 4.79 Å². The Hall–Kier alpha value is -3.28. The Morgan fingerprint density at radius 1 is 1.14 bits per heavy atom. The van der Waals surface area contributed by atoms with Gasteiger partial charge in [-0.15, -0.1) is 0 Å². The summed E-state index contributed by atoms with van der Waals surface area (Å²) in [5.41, 5.74) is 3.01. The number of urea groups is 1. The molecule has 0 spiro atoms. The Morgan fingerprint density at radius 2 is 1.93 bits per heavy atom. The molecule has 6 nitrogen and oxygen atoms in total. The number of hydrogen-bond acceptors (Lipinski definition) is 3. The summed E-state index contributed by atoms with van der Waals surface area (Å²) >= 11 is 0. The van der Waals surface area contributed by atoms with Crippen LogP contribution in [0.4, 0.5) is 4.79 Å². The van der Waals surface area contributed by atoms with Crippen molar-refractivity contribution in [2.75, 3.05) is 20.2 Å². The molecular formula is C23H23N3O3. The van der Waals surface area contributed by atoms with Gasteiger partial charge in [-0.2, -0.15) is 0 Å². The average molecular weight is 389 g/mol. The first kappa shape index (κ1) is 17.8. The number of H-pyrrole nitrogens is 1. The van der Waals surface area contributed by atoms with Crippen LogP contribution < -0.4 is 4.74 Å². The minimum absolute atomic E-state index is 0.155. The number of hydrogen-bond donors (Lipinski definition) is 1. The number of amides is 3. The van der Waals surface area contributed by atoms with Gasteiger partial charge in [-0.1, -0.05) is 30.3 Å². The van der Waals surface area contributed by atoms with Crippen LogP contribution in [0.25, 0.3) is 10.9 Å². The van der Waals surface area contributed by atoms with Crippen molar-refractivity contribution in [2.45, 2.75) is 25.3 Å². The topological polar surface area (TPSA) is 65.6 Å². The van der Waals surface area contributed by atoms with Gasteiger partial charge in [0.15, 0.2) is 5.54 Å². The molecule has 1 fully saturated rings. The highest BCUT2D eigenvalue weighted by Crippen LogP contribution is 2.44. The predicted octanol–water partition coefficient (Wildman–Crippen LogP) is 3.45. The zero-order valence-corrected chi connectivity index (χ0v) is 16.6. The summed E-state index contributed by atoms with van der Waals surface area (Å²) in [6.07, 6.45) is 1.36. The van der Waals surface area contributed by atoms with E-state index in [1.54, 1.807) is 12.0 Å². The summed E-state index contributed by atoms with van der Waals surface area (Å²) < 4.78 is 5.37. The maximum Gasteiger partial charge on any atom is 0.328 e. The zero-order valence-electron chi connectivity index (χ0n) is 16.6. The molecule has 29 heavy (non-hydrogen) atoms. The summed E-state index contributed by atoms with van der Waals surface area (Å²) in [6, 6.07) is 15.6. The lowest BCUT2D eigenvalue weighted by Crippen LogP contribution is -2.49. The predicted molar refractivity (Wildman–Crippen MR) is 110 cm³/mol. The van der Waals surface area contributed by atoms with E-state index in [4.69, 9.17) is 4.74 Å². The van der Waals surface area contributed by atoms with Crippen molar-refractivity contribution in [3.05, 3.63) is 65.4 Å². The molecule has 0 unspecified atom stereocenters. The second kappa shape index (κ2) is 6.37. The van der Waals surface area contributed by atoms with Crippen LogP contribution in [0.3, 0.4) is 0 Å². The molecule has 1 saturated heterocycles. The molecule has 0 aliphatic carbocycles. The number of aromatic nitrogens is 1. The molecule has 0 saturated carbocycles. The van der Waals surface area contributed by atoms with Crippen LogP contribution in [0, 0.1) is 0 Å². The lowest BCUT2D eigenvalue weighted by molar-refractivity contribution is -0.133. The first-order chi connectivity index (χ1) is 14.0. The molecule has 2 aromatic carbocycles. The fourth-order valence-corrected chi connectivity index (χ4v) is 4.70. The number of nitrogens with one attached hydrogen (secondary N) is 1. The van der Waals surface area contributed by atoms with Gasteiger partial charge >= 0.3 is 6.03 Å². The number of benzene rings is 2. The first-order valence-electron chi connectivity index (χ1n) is 9.90. The Kier molecular flexibility index (Phi) is 3.91. The molecule has 1 aromatic heterocycles. The zero-order chi connectivity index (χ0) is 20.2. The summed E-state index contributed by atoms with van der Waals surface area (Å²) in [4.78, 5) is 33.1. The van der Waals surface area contributed by atoms with Crippen molar-refractivity contribution in [2.24, 2.45) is 0 Å². The van der Waals surface area contributed by atoms with Crippen LogP contribution in [0.5, 0.6) is 5.75 Å². The van der Waals surface area contributed by atoms with Crippen LogP contribution in [-0.4, -0.2) is 46.9 Å². The van der Waals surface area contributed by atoms with Crippen molar-refractivity contribution in [3.8, 4) is 5.75 Å². The summed E-state index contributed by atoms with van der Waals surface area (Å²) in [6.45, 7) is 2.78. The Balaban J connectivity index is 1.52. The second-order valence-corrected chi connectivity index (χ2v) is 7.84. The Labute approximate surface area is 169 Å². The van der Waals surface area contributed by atoms with E-state index in [9.17, 15) is 9.59 Å². The van der Waals surface area contributed by atoms with Gasteiger partial charge in [0.2, 0.25) is 0 Å². The summed E-state index contributed by atoms with van der Waals surface area (Å²) in [5, 5.41) is 1.06. The van der Waals surface area contributed by atoms with E-state index in [-0.39, 0.29) is 11.9 Å². The largest absolute Gasteiger partial charge is 0.497 e. The van der Waals surface area contributed by atoms with Gasteiger partial charge in [0.1, 0.15) is 5.75 Å². The SMILES string of the molecule is COc1ccc2[nH]c3c(c2c1)CCN1C(=O)N(CCc2ccccc2)C(=O)[C@]31C. The van der Waals surface area contributed by atoms with Gasteiger partial charge in [-0.05, 0) is 49.1 Å². The number of carbonyl (C=O) groups excluding carboxylic acids is 2. The van der Waals surface area contributed by atoms with Crippen LogP contribution in [0.2, 0.25) is 0 Å². The Bertz CT molecular complexity index is 1120. The van der Waals surface area contributed by atoms with Gasteiger partial charge in [0.05, 0.1) is 12.8 Å². The molecule has 148 valence electrons. The number of carbonyl (C=O) groups is 2. The maximum atomic E-state index is 13.5. The van der Waals surface area contributed by atoms with E-state index >= 15 is 0 Å². The number of imide groups is 1. The number of methoxy groups -OCH3 is 1. The van der Waals surface area contributed by atoms with E-state index in [0.29, 0.717) is 25.9 Å². The molecular weight excluding hydrogens is 366 g/mol. The van der Waals surface area contributed by atoms with Crippen molar-refractivity contribution < 1.29 is 14.3 Å². The lowest BCUT2D eigenvalue weighted by Gasteiger charge is -2.36. The maximum absolute atomic E-state index is 13.5.